The topological polar surface area (TPSA) is 43.8 Å². The molecule has 2 aliphatic rings. The average Bonchev–Trinajstić information content (AvgIpc) is 2.78. The maximum atomic E-state index is 12.7. The minimum atomic E-state index is -0.220. The highest BCUT2D eigenvalue weighted by atomic mass is 16.3. The van der Waals surface area contributed by atoms with Gasteiger partial charge >= 0.3 is 0 Å². The van der Waals surface area contributed by atoms with Crippen molar-refractivity contribution in [2.24, 2.45) is 5.92 Å². The van der Waals surface area contributed by atoms with Crippen LogP contribution in [0.2, 0.25) is 0 Å². The summed E-state index contributed by atoms with van der Waals surface area (Å²) >= 11 is 0. The zero-order chi connectivity index (χ0) is 15.0. The van der Waals surface area contributed by atoms with Gasteiger partial charge in [-0.1, -0.05) is 25.1 Å². The Morgan fingerprint density at radius 3 is 2.86 bits per heavy atom. The molecule has 3 rings (SSSR count). The Bertz CT molecular complexity index is 531. The van der Waals surface area contributed by atoms with Crippen molar-refractivity contribution in [1.29, 1.82) is 0 Å². The normalized spacial score (nSPS) is 29.5. The highest BCUT2D eigenvalue weighted by molar-refractivity contribution is 5.97. The van der Waals surface area contributed by atoms with Crippen LogP contribution in [0.25, 0.3) is 0 Å². The number of para-hydroxylation sites is 1. The molecule has 0 spiro atoms. The van der Waals surface area contributed by atoms with Gasteiger partial charge in [-0.15, -0.1) is 0 Å². The van der Waals surface area contributed by atoms with Gasteiger partial charge < -0.3 is 10.0 Å². The number of likely N-dealkylation sites (tertiary alicyclic amines) is 1. The fourth-order valence-corrected chi connectivity index (χ4v) is 3.58. The van der Waals surface area contributed by atoms with E-state index in [0.717, 1.165) is 31.6 Å². The molecule has 1 fully saturated rings. The molecule has 1 amide bonds. The molecule has 4 heteroatoms. The number of aliphatic hydroxyl groups is 1. The van der Waals surface area contributed by atoms with Crippen molar-refractivity contribution in [1.82, 2.24) is 4.90 Å². The molecule has 0 radical (unpaired) electrons. The smallest absolute Gasteiger partial charge is 0.241 e. The molecular weight excluding hydrogens is 264 g/mol. The first kappa shape index (κ1) is 14.5. The van der Waals surface area contributed by atoms with E-state index in [1.807, 2.05) is 23.1 Å². The number of fused-ring (bicyclic) bond motifs is 1. The first-order chi connectivity index (χ1) is 10.1. The Labute approximate surface area is 126 Å². The number of anilines is 1. The average molecular weight is 288 g/mol. The summed E-state index contributed by atoms with van der Waals surface area (Å²) < 4.78 is 0. The van der Waals surface area contributed by atoms with Crippen molar-refractivity contribution in [2.75, 3.05) is 24.5 Å². The summed E-state index contributed by atoms with van der Waals surface area (Å²) in [6.07, 6.45) is 1.49. The van der Waals surface area contributed by atoms with Gasteiger partial charge in [0.2, 0.25) is 5.91 Å². The molecule has 1 saturated heterocycles. The summed E-state index contributed by atoms with van der Waals surface area (Å²) in [5, 5.41) is 9.79. The number of aliphatic hydroxyl groups excluding tert-OH is 1. The Balaban J connectivity index is 1.69. The third kappa shape index (κ3) is 2.83. The number of nitrogens with zero attached hydrogens (tertiary/aromatic N) is 2. The van der Waals surface area contributed by atoms with Crippen molar-refractivity contribution < 1.29 is 9.90 Å². The summed E-state index contributed by atoms with van der Waals surface area (Å²) in [6, 6.07) is 8.42. The van der Waals surface area contributed by atoms with E-state index < -0.39 is 0 Å². The van der Waals surface area contributed by atoms with Gasteiger partial charge in [0.25, 0.3) is 0 Å². The fraction of sp³-hybridized carbons (Fsp3) is 0.588. The molecule has 21 heavy (non-hydrogen) atoms. The zero-order valence-electron chi connectivity index (χ0n) is 12.8. The minimum Gasteiger partial charge on any atom is -0.393 e. The van der Waals surface area contributed by atoms with Gasteiger partial charge in [0, 0.05) is 24.8 Å². The van der Waals surface area contributed by atoms with E-state index in [-0.39, 0.29) is 24.0 Å². The van der Waals surface area contributed by atoms with E-state index in [1.54, 1.807) is 0 Å². The van der Waals surface area contributed by atoms with Crippen LogP contribution in [0.4, 0.5) is 5.69 Å². The molecular formula is C17H24N2O2. The lowest BCUT2D eigenvalue weighted by Gasteiger charge is -2.35. The van der Waals surface area contributed by atoms with E-state index >= 15 is 0 Å². The molecule has 114 valence electrons. The third-order valence-corrected chi connectivity index (χ3v) is 4.78. The molecule has 1 N–H and O–H groups in total. The number of amides is 1. The van der Waals surface area contributed by atoms with E-state index in [0.29, 0.717) is 6.54 Å². The number of hydrogen-bond donors (Lipinski definition) is 1. The number of hydrogen-bond acceptors (Lipinski definition) is 3. The summed E-state index contributed by atoms with van der Waals surface area (Å²) in [7, 11) is 0. The van der Waals surface area contributed by atoms with Gasteiger partial charge in [-0.2, -0.15) is 0 Å². The molecule has 2 heterocycles. The second-order valence-corrected chi connectivity index (χ2v) is 6.51. The third-order valence-electron chi connectivity index (χ3n) is 4.78. The molecule has 0 bridgehead atoms. The Kier molecular flexibility index (Phi) is 4.00. The first-order valence-corrected chi connectivity index (χ1v) is 7.86. The van der Waals surface area contributed by atoms with Crippen molar-refractivity contribution >= 4 is 11.6 Å². The van der Waals surface area contributed by atoms with Crippen LogP contribution in [0.5, 0.6) is 0 Å². The molecule has 4 nitrogen and oxygen atoms in total. The van der Waals surface area contributed by atoms with Crippen LogP contribution in [0.3, 0.4) is 0 Å². The van der Waals surface area contributed by atoms with Crippen LogP contribution in [-0.2, 0) is 11.2 Å². The second-order valence-electron chi connectivity index (χ2n) is 6.51. The van der Waals surface area contributed by atoms with Gasteiger partial charge in [-0.3, -0.25) is 9.69 Å². The second kappa shape index (κ2) is 5.78. The maximum absolute atomic E-state index is 12.7. The lowest BCUT2D eigenvalue weighted by atomic mass is 9.97. The first-order valence-electron chi connectivity index (χ1n) is 7.86. The molecule has 2 aliphatic heterocycles. The zero-order valence-corrected chi connectivity index (χ0v) is 12.8. The molecule has 0 saturated carbocycles. The van der Waals surface area contributed by atoms with Crippen molar-refractivity contribution in [2.45, 2.75) is 38.8 Å². The number of carbonyl (C=O) groups excluding carboxylic acids is 1. The number of benzene rings is 1. The lowest BCUT2D eigenvalue weighted by Crippen LogP contribution is -2.48. The largest absolute Gasteiger partial charge is 0.393 e. The lowest BCUT2D eigenvalue weighted by molar-refractivity contribution is -0.121. The van der Waals surface area contributed by atoms with E-state index in [9.17, 15) is 9.90 Å². The van der Waals surface area contributed by atoms with Crippen LogP contribution in [-0.4, -0.2) is 47.7 Å². The molecule has 1 aromatic carbocycles. The number of rotatable bonds is 2. The summed E-state index contributed by atoms with van der Waals surface area (Å²) in [5.41, 5.74) is 2.33. The van der Waals surface area contributed by atoms with Gasteiger partial charge in [-0.25, -0.2) is 0 Å². The Hall–Kier alpha value is -1.39. The molecule has 0 aromatic heterocycles. The standard InChI is InChI=1S/C17H24N2O2/c1-12-10-18(8-7-16(12)20)11-17(21)19-13(2)9-14-5-3-4-6-15(14)19/h3-6,12-13,16,20H,7-11H2,1-2H3. The molecule has 3 unspecified atom stereocenters. The number of carbonyl (C=O) groups is 1. The van der Waals surface area contributed by atoms with Gasteiger partial charge in [0.1, 0.15) is 0 Å². The van der Waals surface area contributed by atoms with Crippen LogP contribution >= 0.6 is 0 Å². The van der Waals surface area contributed by atoms with E-state index in [4.69, 9.17) is 0 Å². The van der Waals surface area contributed by atoms with Crippen LogP contribution in [0.1, 0.15) is 25.8 Å². The highest BCUT2D eigenvalue weighted by Gasteiger charge is 2.32. The van der Waals surface area contributed by atoms with Crippen molar-refractivity contribution in [3.05, 3.63) is 29.8 Å². The number of piperidine rings is 1. The van der Waals surface area contributed by atoms with Crippen molar-refractivity contribution in [3.8, 4) is 0 Å². The SMILES string of the molecule is CC1CN(CC(=O)N2c3ccccc3CC2C)CCC1O. The summed E-state index contributed by atoms with van der Waals surface area (Å²) in [5.74, 6) is 0.422. The Morgan fingerprint density at radius 2 is 2.10 bits per heavy atom. The van der Waals surface area contributed by atoms with Crippen molar-refractivity contribution in [3.63, 3.8) is 0 Å². The maximum Gasteiger partial charge on any atom is 0.241 e. The molecule has 0 aliphatic carbocycles. The van der Waals surface area contributed by atoms with Crippen LogP contribution in [0.15, 0.2) is 24.3 Å². The van der Waals surface area contributed by atoms with Gasteiger partial charge in [-0.05, 0) is 37.3 Å². The van der Waals surface area contributed by atoms with Gasteiger partial charge in [0.15, 0.2) is 0 Å². The quantitative estimate of drug-likeness (QED) is 0.900. The molecule has 3 atom stereocenters. The monoisotopic (exact) mass is 288 g/mol. The Morgan fingerprint density at radius 1 is 1.33 bits per heavy atom. The minimum absolute atomic E-state index is 0.177. The molecule has 1 aromatic rings. The van der Waals surface area contributed by atoms with Crippen LogP contribution in [0, 0.1) is 5.92 Å². The predicted molar refractivity (Wildman–Crippen MR) is 83.3 cm³/mol. The van der Waals surface area contributed by atoms with Gasteiger partial charge in [0.05, 0.1) is 12.6 Å². The summed E-state index contributed by atoms with van der Waals surface area (Å²) in [6.45, 7) is 6.23. The van der Waals surface area contributed by atoms with E-state index in [1.165, 1.54) is 5.56 Å². The fourth-order valence-electron chi connectivity index (χ4n) is 3.58. The summed E-state index contributed by atoms with van der Waals surface area (Å²) in [4.78, 5) is 16.8. The van der Waals surface area contributed by atoms with Crippen LogP contribution < -0.4 is 4.90 Å². The highest BCUT2D eigenvalue weighted by Crippen LogP contribution is 2.32. The predicted octanol–water partition coefficient (Wildman–Crippen LogP) is 1.67. The van der Waals surface area contributed by atoms with E-state index in [2.05, 4.69) is 24.8 Å².